The molecule has 7 heteroatoms. The van der Waals surface area contributed by atoms with Gasteiger partial charge in [-0.3, -0.25) is 14.3 Å². The molecule has 3 aromatic rings. The van der Waals surface area contributed by atoms with Crippen molar-refractivity contribution < 1.29 is 9.53 Å². The second-order valence-corrected chi connectivity index (χ2v) is 6.92. The fraction of sp³-hybridized carbons (Fsp3) is 0.333. The first-order valence-corrected chi connectivity index (χ1v) is 9.44. The lowest BCUT2D eigenvalue weighted by Crippen LogP contribution is -2.39. The summed E-state index contributed by atoms with van der Waals surface area (Å²) in [7, 11) is 1.64. The van der Waals surface area contributed by atoms with Crippen molar-refractivity contribution in [2.24, 2.45) is 0 Å². The number of imidazole rings is 1. The molecule has 0 radical (unpaired) electrons. The number of likely N-dealkylation sites (tertiary alicyclic amines) is 1. The van der Waals surface area contributed by atoms with Crippen LogP contribution in [-0.2, 0) is 11.2 Å². The molecule has 3 heterocycles. The zero-order valence-electron chi connectivity index (χ0n) is 15.9. The van der Waals surface area contributed by atoms with Crippen molar-refractivity contribution in [3.63, 3.8) is 0 Å². The highest BCUT2D eigenvalue weighted by Gasteiger charge is 2.27. The number of piperidine rings is 1. The normalized spacial score (nSPS) is 14.8. The molecule has 0 saturated carbocycles. The van der Waals surface area contributed by atoms with Gasteiger partial charge < -0.3 is 9.64 Å². The third-order valence-electron chi connectivity index (χ3n) is 5.20. The highest BCUT2D eigenvalue weighted by molar-refractivity contribution is 5.79. The van der Waals surface area contributed by atoms with Crippen LogP contribution in [0.3, 0.4) is 0 Å². The fourth-order valence-electron chi connectivity index (χ4n) is 3.64. The zero-order chi connectivity index (χ0) is 19.3. The number of aromatic nitrogens is 4. The Kier molecular flexibility index (Phi) is 5.32. The van der Waals surface area contributed by atoms with E-state index < -0.39 is 0 Å². The molecule has 1 aromatic carbocycles. The molecule has 0 bridgehead atoms. The van der Waals surface area contributed by atoms with Crippen molar-refractivity contribution >= 4 is 5.91 Å². The first kappa shape index (κ1) is 18.2. The van der Waals surface area contributed by atoms with E-state index >= 15 is 0 Å². The van der Waals surface area contributed by atoms with Gasteiger partial charge in [-0.1, -0.05) is 12.1 Å². The van der Waals surface area contributed by atoms with Gasteiger partial charge in [-0.05, 0) is 30.5 Å². The molecular formula is C21H23N5O2. The largest absolute Gasteiger partial charge is 0.497 e. The van der Waals surface area contributed by atoms with Gasteiger partial charge in [0.2, 0.25) is 5.91 Å². The van der Waals surface area contributed by atoms with Gasteiger partial charge in [0.15, 0.2) is 5.82 Å². The number of nitrogens with zero attached hydrogens (tertiary/aromatic N) is 5. The smallest absolute Gasteiger partial charge is 0.226 e. The number of benzene rings is 1. The summed E-state index contributed by atoms with van der Waals surface area (Å²) in [6, 6.07) is 7.67. The Labute approximate surface area is 164 Å². The topological polar surface area (TPSA) is 73.1 Å². The fourth-order valence-corrected chi connectivity index (χ4v) is 3.64. The van der Waals surface area contributed by atoms with Crippen LogP contribution in [0.2, 0.25) is 0 Å². The minimum atomic E-state index is 0.164. The van der Waals surface area contributed by atoms with E-state index in [1.807, 2.05) is 39.9 Å². The standard InChI is InChI=1S/C21H23N5O2/c1-28-18-4-2-16(3-5-18)14-19(27)25-11-6-17(7-12-25)20-21(24-9-8-23-20)26-13-10-22-15-26/h2-5,8-10,13,15,17H,6-7,11-12,14H2,1H3. The number of hydrogen-bond acceptors (Lipinski definition) is 5. The summed E-state index contributed by atoms with van der Waals surface area (Å²) in [5.74, 6) is 2.08. The van der Waals surface area contributed by atoms with Gasteiger partial charge in [-0.15, -0.1) is 0 Å². The van der Waals surface area contributed by atoms with Crippen molar-refractivity contribution in [1.29, 1.82) is 0 Å². The average Bonchev–Trinajstić information content (AvgIpc) is 3.29. The maximum atomic E-state index is 12.7. The number of amides is 1. The summed E-state index contributed by atoms with van der Waals surface area (Å²) >= 11 is 0. The lowest BCUT2D eigenvalue weighted by molar-refractivity contribution is -0.131. The molecule has 0 unspecified atom stereocenters. The third kappa shape index (κ3) is 3.88. The Morgan fingerprint density at radius 2 is 1.86 bits per heavy atom. The number of hydrogen-bond donors (Lipinski definition) is 0. The van der Waals surface area contributed by atoms with Gasteiger partial charge in [-0.2, -0.15) is 0 Å². The molecule has 1 amide bonds. The Hall–Kier alpha value is -3.22. The van der Waals surface area contributed by atoms with Crippen LogP contribution in [0.25, 0.3) is 5.82 Å². The van der Waals surface area contributed by atoms with Crippen molar-refractivity contribution in [2.45, 2.75) is 25.2 Å². The molecule has 1 aliphatic heterocycles. The summed E-state index contributed by atoms with van der Waals surface area (Å²) in [5, 5.41) is 0. The molecular weight excluding hydrogens is 354 g/mol. The monoisotopic (exact) mass is 377 g/mol. The Balaban J connectivity index is 1.39. The molecule has 4 rings (SSSR count). The van der Waals surface area contributed by atoms with Crippen LogP contribution < -0.4 is 4.74 Å². The predicted molar refractivity (Wildman–Crippen MR) is 104 cm³/mol. The van der Waals surface area contributed by atoms with Gasteiger partial charge in [0, 0.05) is 43.8 Å². The second-order valence-electron chi connectivity index (χ2n) is 6.92. The van der Waals surface area contributed by atoms with Gasteiger partial charge in [0.05, 0.1) is 19.2 Å². The minimum absolute atomic E-state index is 0.164. The van der Waals surface area contributed by atoms with E-state index in [1.54, 1.807) is 32.0 Å². The molecule has 144 valence electrons. The van der Waals surface area contributed by atoms with Crippen molar-refractivity contribution in [3.05, 3.63) is 66.6 Å². The minimum Gasteiger partial charge on any atom is -0.497 e. The van der Waals surface area contributed by atoms with Gasteiger partial charge in [-0.25, -0.2) is 9.97 Å². The molecule has 0 N–H and O–H groups in total. The van der Waals surface area contributed by atoms with Crippen LogP contribution in [0.1, 0.15) is 30.0 Å². The van der Waals surface area contributed by atoms with E-state index in [9.17, 15) is 4.79 Å². The predicted octanol–water partition coefficient (Wildman–Crippen LogP) is 2.62. The number of methoxy groups -OCH3 is 1. The zero-order valence-corrected chi connectivity index (χ0v) is 15.9. The van der Waals surface area contributed by atoms with Gasteiger partial charge in [0.1, 0.15) is 12.1 Å². The molecule has 2 aromatic heterocycles. The van der Waals surface area contributed by atoms with E-state index in [0.29, 0.717) is 6.42 Å². The molecule has 1 fully saturated rings. The number of carbonyl (C=O) groups is 1. The van der Waals surface area contributed by atoms with Crippen molar-refractivity contribution in [3.8, 4) is 11.6 Å². The summed E-state index contributed by atoms with van der Waals surface area (Å²) in [4.78, 5) is 27.8. The summed E-state index contributed by atoms with van der Waals surface area (Å²) in [5.41, 5.74) is 1.98. The lowest BCUT2D eigenvalue weighted by Gasteiger charge is -2.32. The summed E-state index contributed by atoms with van der Waals surface area (Å²) < 4.78 is 7.06. The first-order valence-electron chi connectivity index (χ1n) is 9.44. The highest BCUT2D eigenvalue weighted by atomic mass is 16.5. The van der Waals surface area contributed by atoms with Crippen LogP contribution in [0, 0.1) is 0 Å². The Morgan fingerprint density at radius 1 is 1.11 bits per heavy atom. The van der Waals surface area contributed by atoms with Crippen LogP contribution in [-0.4, -0.2) is 50.5 Å². The van der Waals surface area contributed by atoms with Crippen molar-refractivity contribution in [1.82, 2.24) is 24.4 Å². The SMILES string of the molecule is COc1ccc(CC(=O)N2CCC(c3nccnc3-n3ccnc3)CC2)cc1. The molecule has 7 nitrogen and oxygen atoms in total. The van der Waals surface area contributed by atoms with E-state index in [-0.39, 0.29) is 11.8 Å². The molecule has 28 heavy (non-hydrogen) atoms. The summed E-state index contributed by atoms with van der Waals surface area (Å²) in [6.45, 7) is 1.47. The quantitative estimate of drug-likeness (QED) is 0.683. The highest BCUT2D eigenvalue weighted by Crippen LogP contribution is 2.29. The number of ether oxygens (including phenoxy) is 1. The van der Waals surface area contributed by atoms with E-state index in [4.69, 9.17) is 4.74 Å². The van der Waals surface area contributed by atoms with E-state index in [2.05, 4.69) is 15.0 Å². The maximum Gasteiger partial charge on any atom is 0.226 e. The number of rotatable bonds is 5. The van der Waals surface area contributed by atoms with E-state index in [0.717, 1.165) is 48.8 Å². The molecule has 0 spiro atoms. The maximum absolute atomic E-state index is 12.7. The van der Waals surface area contributed by atoms with E-state index in [1.165, 1.54) is 0 Å². The third-order valence-corrected chi connectivity index (χ3v) is 5.20. The second kappa shape index (κ2) is 8.21. The van der Waals surface area contributed by atoms with Gasteiger partial charge in [0.25, 0.3) is 0 Å². The van der Waals surface area contributed by atoms with Crippen LogP contribution >= 0.6 is 0 Å². The van der Waals surface area contributed by atoms with Crippen LogP contribution in [0.4, 0.5) is 0 Å². The lowest BCUT2D eigenvalue weighted by atomic mass is 9.92. The Bertz CT molecular complexity index is 916. The van der Waals surface area contributed by atoms with Gasteiger partial charge >= 0.3 is 0 Å². The number of carbonyl (C=O) groups excluding carboxylic acids is 1. The van der Waals surface area contributed by atoms with Crippen LogP contribution in [0.15, 0.2) is 55.4 Å². The summed E-state index contributed by atoms with van der Waals surface area (Å²) in [6.07, 6.45) is 11.0. The Morgan fingerprint density at radius 3 is 2.54 bits per heavy atom. The average molecular weight is 377 g/mol. The molecule has 1 saturated heterocycles. The molecule has 0 atom stereocenters. The first-order chi connectivity index (χ1) is 13.7. The van der Waals surface area contributed by atoms with Crippen LogP contribution in [0.5, 0.6) is 5.75 Å². The van der Waals surface area contributed by atoms with Crippen molar-refractivity contribution in [2.75, 3.05) is 20.2 Å². The molecule has 1 aliphatic rings. The molecule has 0 aliphatic carbocycles.